The van der Waals surface area contributed by atoms with Gasteiger partial charge in [0.05, 0.1) is 5.69 Å². The highest BCUT2D eigenvalue weighted by Gasteiger charge is 2.36. The summed E-state index contributed by atoms with van der Waals surface area (Å²) >= 11 is 0. The Hall–Kier alpha value is -2.45. The summed E-state index contributed by atoms with van der Waals surface area (Å²) in [5, 5.41) is 2.92. The van der Waals surface area contributed by atoms with E-state index in [9.17, 15) is 13.2 Å². The SMILES string of the molecule is Cc1cc(NS(=O)(=O)N2CCCC[C@H]2C(=O)NCCCc2cccnc2)cc(C)c1C. The monoisotopic (exact) mass is 444 g/mol. The molecule has 1 saturated heterocycles. The Labute approximate surface area is 185 Å². The highest BCUT2D eigenvalue weighted by molar-refractivity contribution is 7.90. The lowest BCUT2D eigenvalue weighted by Gasteiger charge is -2.33. The predicted molar refractivity (Wildman–Crippen MR) is 123 cm³/mol. The topological polar surface area (TPSA) is 91.4 Å². The van der Waals surface area contributed by atoms with Crippen molar-refractivity contribution in [2.75, 3.05) is 17.8 Å². The van der Waals surface area contributed by atoms with Crippen LogP contribution in [0.2, 0.25) is 0 Å². The van der Waals surface area contributed by atoms with Crippen LogP contribution in [0.15, 0.2) is 36.7 Å². The Morgan fingerprint density at radius 2 is 1.94 bits per heavy atom. The Morgan fingerprint density at radius 3 is 2.61 bits per heavy atom. The number of benzene rings is 1. The van der Waals surface area contributed by atoms with Crippen molar-refractivity contribution in [2.24, 2.45) is 0 Å². The fraction of sp³-hybridized carbons (Fsp3) is 0.478. The maximum Gasteiger partial charge on any atom is 0.302 e. The largest absolute Gasteiger partial charge is 0.355 e. The first kappa shape index (κ1) is 23.2. The lowest BCUT2D eigenvalue weighted by molar-refractivity contribution is -0.125. The molecule has 0 unspecified atom stereocenters. The first-order valence-electron chi connectivity index (χ1n) is 10.8. The fourth-order valence-electron chi connectivity index (χ4n) is 3.92. The number of carbonyl (C=O) groups excluding carboxylic acids is 1. The van der Waals surface area contributed by atoms with Gasteiger partial charge in [-0.05, 0) is 86.9 Å². The van der Waals surface area contributed by atoms with Crippen LogP contribution in [0.4, 0.5) is 5.69 Å². The molecule has 3 rings (SSSR count). The van der Waals surface area contributed by atoms with Gasteiger partial charge in [0, 0.05) is 25.5 Å². The maximum atomic E-state index is 13.1. The molecule has 1 aromatic carbocycles. The highest BCUT2D eigenvalue weighted by atomic mass is 32.2. The lowest BCUT2D eigenvalue weighted by Crippen LogP contribution is -2.53. The second kappa shape index (κ2) is 10.2. The summed E-state index contributed by atoms with van der Waals surface area (Å²) in [5.74, 6) is -0.229. The van der Waals surface area contributed by atoms with Crippen molar-refractivity contribution in [3.05, 3.63) is 58.9 Å². The zero-order valence-electron chi connectivity index (χ0n) is 18.5. The maximum absolute atomic E-state index is 13.1. The zero-order valence-corrected chi connectivity index (χ0v) is 19.3. The van der Waals surface area contributed by atoms with E-state index in [1.807, 2.05) is 51.2 Å². The normalized spacial score (nSPS) is 17.3. The van der Waals surface area contributed by atoms with E-state index < -0.39 is 16.3 Å². The molecule has 7 nitrogen and oxygen atoms in total. The number of rotatable bonds is 8. The number of amides is 1. The van der Waals surface area contributed by atoms with Gasteiger partial charge in [-0.15, -0.1) is 0 Å². The van der Waals surface area contributed by atoms with Gasteiger partial charge in [-0.2, -0.15) is 12.7 Å². The minimum Gasteiger partial charge on any atom is -0.355 e. The van der Waals surface area contributed by atoms with Gasteiger partial charge in [-0.3, -0.25) is 14.5 Å². The number of hydrogen-bond acceptors (Lipinski definition) is 4. The van der Waals surface area contributed by atoms with E-state index in [1.54, 1.807) is 6.20 Å². The van der Waals surface area contributed by atoms with E-state index in [0.29, 0.717) is 25.2 Å². The van der Waals surface area contributed by atoms with Crippen LogP contribution in [-0.2, 0) is 21.4 Å². The van der Waals surface area contributed by atoms with Crippen LogP contribution in [0.1, 0.15) is 47.9 Å². The summed E-state index contributed by atoms with van der Waals surface area (Å²) < 4.78 is 30.2. The van der Waals surface area contributed by atoms with Crippen molar-refractivity contribution in [2.45, 2.75) is 58.9 Å². The van der Waals surface area contributed by atoms with E-state index in [0.717, 1.165) is 47.9 Å². The number of anilines is 1. The van der Waals surface area contributed by atoms with E-state index in [4.69, 9.17) is 0 Å². The third kappa shape index (κ3) is 6.04. The molecule has 0 saturated carbocycles. The molecule has 0 radical (unpaired) electrons. The number of pyridine rings is 1. The number of nitrogens with one attached hydrogen (secondary N) is 2. The van der Waals surface area contributed by atoms with Crippen LogP contribution >= 0.6 is 0 Å². The van der Waals surface area contributed by atoms with E-state index in [1.165, 1.54) is 4.31 Å². The standard InChI is InChI=1S/C23H32N4O3S/c1-17-14-21(15-18(2)19(17)3)26-31(29,30)27-13-5-4-10-22(27)23(28)25-12-7-9-20-8-6-11-24-16-20/h6,8,11,14-16,22,26H,4-5,7,9-10,12-13H2,1-3H3,(H,25,28)/t22-/m0/s1. The smallest absolute Gasteiger partial charge is 0.302 e. The number of aryl methyl sites for hydroxylation is 3. The van der Waals surface area contributed by atoms with Crippen LogP contribution in [0.3, 0.4) is 0 Å². The summed E-state index contributed by atoms with van der Waals surface area (Å²) in [5.41, 5.74) is 4.84. The van der Waals surface area contributed by atoms with Gasteiger partial charge in [0.2, 0.25) is 5.91 Å². The zero-order chi connectivity index (χ0) is 22.4. The lowest BCUT2D eigenvalue weighted by atomic mass is 10.0. The molecule has 8 heteroatoms. The molecule has 0 spiro atoms. The Kier molecular flexibility index (Phi) is 7.67. The van der Waals surface area contributed by atoms with Crippen molar-refractivity contribution in [1.82, 2.24) is 14.6 Å². The molecule has 168 valence electrons. The van der Waals surface area contributed by atoms with Gasteiger partial charge in [0.1, 0.15) is 6.04 Å². The molecule has 31 heavy (non-hydrogen) atoms. The quantitative estimate of drug-likeness (QED) is 0.612. The predicted octanol–water partition coefficient (Wildman–Crippen LogP) is 3.27. The van der Waals surface area contributed by atoms with Gasteiger partial charge in [-0.25, -0.2) is 0 Å². The molecule has 1 fully saturated rings. The molecule has 0 aliphatic carbocycles. The average molecular weight is 445 g/mol. The van der Waals surface area contributed by atoms with Gasteiger partial charge in [0.25, 0.3) is 0 Å². The fourth-order valence-corrected chi connectivity index (χ4v) is 5.36. The number of hydrogen-bond donors (Lipinski definition) is 2. The molecule has 2 N–H and O–H groups in total. The van der Waals surface area contributed by atoms with Crippen molar-refractivity contribution in [3.8, 4) is 0 Å². The van der Waals surface area contributed by atoms with Crippen LogP contribution in [0.5, 0.6) is 0 Å². The van der Waals surface area contributed by atoms with E-state index >= 15 is 0 Å². The van der Waals surface area contributed by atoms with E-state index in [-0.39, 0.29) is 5.91 Å². The minimum absolute atomic E-state index is 0.229. The molecule has 2 aromatic rings. The van der Waals surface area contributed by atoms with Gasteiger partial charge >= 0.3 is 10.2 Å². The summed E-state index contributed by atoms with van der Waals surface area (Å²) in [4.78, 5) is 16.9. The number of aromatic nitrogens is 1. The molecular formula is C23H32N4O3S. The first-order chi connectivity index (χ1) is 14.8. The Bertz CT molecular complexity index is 986. The molecule has 1 aromatic heterocycles. The summed E-state index contributed by atoms with van der Waals surface area (Å²) in [6.07, 6.45) is 7.25. The van der Waals surface area contributed by atoms with Crippen LogP contribution in [0.25, 0.3) is 0 Å². The van der Waals surface area contributed by atoms with E-state index in [2.05, 4.69) is 15.0 Å². The van der Waals surface area contributed by atoms with Crippen molar-refractivity contribution >= 4 is 21.8 Å². The second-order valence-electron chi connectivity index (χ2n) is 8.22. The minimum atomic E-state index is -3.84. The highest BCUT2D eigenvalue weighted by Crippen LogP contribution is 2.25. The average Bonchev–Trinajstić information content (AvgIpc) is 2.75. The summed E-state index contributed by atoms with van der Waals surface area (Å²) in [6, 6.07) is 6.87. The number of nitrogens with zero attached hydrogens (tertiary/aromatic N) is 2. The van der Waals surface area contributed by atoms with Crippen molar-refractivity contribution < 1.29 is 13.2 Å². The van der Waals surface area contributed by atoms with Crippen LogP contribution in [-0.4, -0.2) is 42.7 Å². The van der Waals surface area contributed by atoms with Crippen molar-refractivity contribution in [3.63, 3.8) is 0 Å². The van der Waals surface area contributed by atoms with Crippen LogP contribution < -0.4 is 10.0 Å². The third-order valence-electron chi connectivity index (χ3n) is 5.90. The molecule has 1 aliphatic rings. The molecule has 0 bridgehead atoms. The number of carbonyl (C=O) groups is 1. The third-order valence-corrected chi connectivity index (χ3v) is 7.45. The second-order valence-corrected chi connectivity index (χ2v) is 9.84. The molecule has 2 heterocycles. The van der Waals surface area contributed by atoms with Crippen molar-refractivity contribution in [1.29, 1.82) is 0 Å². The van der Waals surface area contributed by atoms with Crippen LogP contribution in [0, 0.1) is 20.8 Å². The molecular weight excluding hydrogens is 412 g/mol. The van der Waals surface area contributed by atoms with Gasteiger partial charge in [-0.1, -0.05) is 12.5 Å². The molecule has 1 aliphatic heterocycles. The van der Waals surface area contributed by atoms with Gasteiger partial charge < -0.3 is 5.32 Å². The number of piperidine rings is 1. The summed E-state index contributed by atoms with van der Waals surface area (Å²) in [7, 11) is -3.84. The summed E-state index contributed by atoms with van der Waals surface area (Å²) in [6.45, 7) is 6.78. The Balaban J connectivity index is 1.62. The first-order valence-corrected chi connectivity index (χ1v) is 12.3. The Morgan fingerprint density at radius 1 is 1.19 bits per heavy atom. The molecule has 1 atom stereocenters. The molecule has 1 amide bonds. The van der Waals surface area contributed by atoms with Gasteiger partial charge in [0.15, 0.2) is 0 Å².